The highest BCUT2D eigenvalue weighted by atomic mass is 32.2. The van der Waals surface area contributed by atoms with Gasteiger partial charge in [0.1, 0.15) is 0 Å². The van der Waals surface area contributed by atoms with E-state index in [4.69, 9.17) is 5.14 Å². The molecule has 1 aliphatic heterocycles. The number of nitrogens with two attached hydrogens (primary N) is 1. The smallest absolute Gasteiger partial charge is 0.312 e. The standard InChI is InChI=1S/C17H20N6O4S/c18-28(26,27)14-4-2-13(3-5-14)12-21-15(24)16(25)22-8-10-23(11-9-22)17-19-6-1-7-20-17/h1-7H,8-12H2,(H,21,24)(H2,18,26,27). The first-order valence-electron chi connectivity index (χ1n) is 8.55. The maximum atomic E-state index is 12.3. The lowest BCUT2D eigenvalue weighted by atomic mass is 10.2. The summed E-state index contributed by atoms with van der Waals surface area (Å²) in [7, 11) is -3.76. The molecule has 11 heteroatoms. The summed E-state index contributed by atoms with van der Waals surface area (Å²) < 4.78 is 22.5. The van der Waals surface area contributed by atoms with Gasteiger partial charge in [0.05, 0.1) is 4.90 Å². The van der Waals surface area contributed by atoms with Crippen LogP contribution in [0.1, 0.15) is 5.56 Å². The van der Waals surface area contributed by atoms with Gasteiger partial charge in [0.15, 0.2) is 0 Å². The highest BCUT2D eigenvalue weighted by molar-refractivity contribution is 7.89. The molecule has 3 N–H and O–H groups in total. The Kier molecular flexibility index (Phi) is 5.85. The molecule has 0 bridgehead atoms. The summed E-state index contributed by atoms with van der Waals surface area (Å²) >= 11 is 0. The predicted molar refractivity (Wildman–Crippen MR) is 100 cm³/mol. The number of anilines is 1. The van der Waals surface area contributed by atoms with Crippen LogP contribution < -0.4 is 15.4 Å². The molecule has 2 amide bonds. The topological polar surface area (TPSA) is 139 Å². The Morgan fingerprint density at radius 2 is 1.64 bits per heavy atom. The number of carbonyl (C=O) groups is 2. The Bertz CT molecular complexity index is 941. The molecule has 0 radical (unpaired) electrons. The van der Waals surface area contributed by atoms with Gasteiger partial charge in [-0.15, -0.1) is 0 Å². The van der Waals surface area contributed by atoms with Crippen LogP contribution in [0.4, 0.5) is 5.95 Å². The number of rotatable bonds is 4. The number of carbonyl (C=O) groups excluding carboxylic acids is 2. The SMILES string of the molecule is NS(=O)(=O)c1ccc(CNC(=O)C(=O)N2CCN(c3ncccn3)CC2)cc1. The second-order valence-electron chi connectivity index (χ2n) is 6.20. The van der Waals surface area contributed by atoms with E-state index in [-0.39, 0.29) is 11.4 Å². The van der Waals surface area contributed by atoms with Crippen molar-refractivity contribution in [1.82, 2.24) is 20.2 Å². The third-order valence-electron chi connectivity index (χ3n) is 4.30. The molecule has 1 fully saturated rings. The Labute approximate surface area is 162 Å². The average Bonchev–Trinajstić information content (AvgIpc) is 2.72. The van der Waals surface area contributed by atoms with Gasteiger partial charge in [-0.3, -0.25) is 9.59 Å². The maximum absolute atomic E-state index is 12.3. The number of benzene rings is 1. The van der Waals surface area contributed by atoms with Gasteiger partial charge in [-0.2, -0.15) is 0 Å². The van der Waals surface area contributed by atoms with Crippen LogP contribution in [0.5, 0.6) is 0 Å². The quantitative estimate of drug-likeness (QED) is 0.629. The van der Waals surface area contributed by atoms with Crippen LogP contribution in [0, 0.1) is 0 Å². The third kappa shape index (κ3) is 4.81. The van der Waals surface area contributed by atoms with Crippen molar-refractivity contribution in [3.63, 3.8) is 0 Å². The maximum Gasteiger partial charge on any atom is 0.312 e. The van der Waals surface area contributed by atoms with E-state index < -0.39 is 21.8 Å². The van der Waals surface area contributed by atoms with Crippen molar-refractivity contribution in [3.8, 4) is 0 Å². The van der Waals surface area contributed by atoms with Gasteiger partial charge in [0.2, 0.25) is 16.0 Å². The Morgan fingerprint density at radius 1 is 1.04 bits per heavy atom. The van der Waals surface area contributed by atoms with Crippen LogP contribution in [-0.2, 0) is 26.2 Å². The van der Waals surface area contributed by atoms with E-state index in [1.54, 1.807) is 18.5 Å². The number of sulfonamides is 1. The summed E-state index contributed by atoms with van der Waals surface area (Å²) in [6, 6.07) is 7.50. The molecular weight excluding hydrogens is 384 g/mol. The number of nitrogens with one attached hydrogen (secondary N) is 1. The molecule has 0 spiro atoms. The first kappa shape index (κ1) is 19.7. The fourth-order valence-electron chi connectivity index (χ4n) is 2.76. The molecule has 1 saturated heterocycles. The van der Waals surface area contributed by atoms with Crippen LogP contribution >= 0.6 is 0 Å². The number of piperazine rings is 1. The van der Waals surface area contributed by atoms with E-state index in [1.165, 1.54) is 29.2 Å². The van der Waals surface area contributed by atoms with E-state index in [2.05, 4.69) is 15.3 Å². The number of hydrogen-bond acceptors (Lipinski definition) is 7. The van der Waals surface area contributed by atoms with Gasteiger partial charge < -0.3 is 15.1 Å². The summed E-state index contributed by atoms with van der Waals surface area (Å²) in [4.78, 5) is 36.2. The van der Waals surface area contributed by atoms with Crippen LogP contribution in [0.15, 0.2) is 47.6 Å². The zero-order valence-electron chi connectivity index (χ0n) is 15.0. The van der Waals surface area contributed by atoms with Crippen molar-refractivity contribution in [2.45, 2.75) is 11.4 Å². The summed E-state index contributed by atoms with van der Waals surface area (Å²) in [5, 5.41) is 7.59. The lowest BCUT2D eigenvalue weighted by Gasteiger charge is -2.34. The minimum Gasteiger partial charge on any atom is -0.344 e. The summed E-state index contributed by atoms with van der Waals surface area (Å²) in [6.45, 7) is 1.98. The van der Waals surface area contributed by atoms with E-state index in [9.17, 15) is 18.0 Å². The highest BCUT2D eigenvalue weighted by Crippen LogP contribution is 2.10. The highest BCUT2D eigenvalue weighted by Gasteiger charge is 2.26. The molecule has 148 valence electrons. The number of amides is 2. The van der Waals surface area contributed by atoms with E-state index in [1.807, 2.05) is 4.90 Å². The number of nitrogens with zero attached hydrogens (tertiary/aromatic N) is 4. The Hall–Kier alpha value is -3.05. The van der Waals surface area contributed by atoms with Crippen LogP contribution in [0.3, 0.4) is 0 Å². The van der Waals surface area contributed by atoms with Crippen molar-refractivity contribution in [2.24, 2.45) is 5.14 Å². The summed E-state index contributed by atoms with van der Waals surface area (Å²) in [5.41, 5.74) is 0.652. The van der Waals surface area contributed by atoms with Gasteiger partial charge in [-0.05, 0) is 23.8 Å². The van der Waals surface area contributed by atoms with Crippen LogP contribution in [0.2, 0.25) is 0 Å². The number of aromatic nitrogens is 2. The van der Waals surface area contributed by atoms with Gasteiger partial charge in [0.25, 0.3) is 0 Å². The van der Waals surface area contributed by atoms with Gasteiger partial charge in [-0.1, -0.05) is 12.1 Å². The predicted octanol–water partition coefficient (Wildman–Crippen LogP) is -0.911. The van der Waals surface area contributed by atoms with E-state index in [0.29, 0.717) is 37.7 Å². The molecular formula is C17H20N6O4S. The molecule has 1 aromatic carbocycles. The normalized spacial score (nSPS) is 14.6. The Morgan fingerprint density at radius 3 is 2.21 bits per heavy atom. The lowest BCUT2D eigenvalue weighted by Crippen LogP contribution is -2.52. The zero-order valence-corrected chi connectivity index (χ0v) is 15.8. The summed E-state index contributed by atoms with van der Waals surface area (Å²) in [5.74, 6) is -0.711. The van der Waals surface area contributed by atoms with Crippen molar-refractivity contribution >= 4 is 27.8 Å². The van der Waals surface area contributed by atoms with Gasteiger partial charge in [-0.25, -0.2) is 23.5 Å². The first-order chi connectivity index (χ1) is 13.3. The largest absolute Gasteiger partial charge is 0.344 e. The van der Waals surface area contributed by atoms with Crippen molar-refractivity contribution < 1.29 is 18.0 Å². The molecule has 0 saturated carbocycles. The molecule has 0 aliphatic carbocycles. The molecule has 1 aromatic heterocycles. The number of primary sulfonamides is 1. The lowest BCUT2D eigenvalue weighted by molar-refractivity contribution is -0.146. The minimum atomic E-state index is -3.76. The third-order valence-corrected chi connectivity index (χ3v) is 5.23. The van der Waals surface area contributed by atoms with Crippen molar-refractivity contribution in [3.05, 3.63) is 48.3 Å². The fourth-order valence-corrected chi connectivity index (χ4v) is 3.28. The molecule has 0 atom stereocenters. The second kappa shape index (κ2) is 8.31. The number of hydrogen-bond donors (Lipinski definition) is 2. The van der Waals surface area contributed by atoms with Crippen LogP contribution in [-0.4, -0.2) is 61.3 Å². The zero-order chi connectivity index (χ0) is 20.1. The van der Waals surface area contributed by atoms with Crippen molar-refractivity contribution in [2.75, 3.05) is 31.1 Å². The molecule has 0 unspecified atom stereocenters. The molecule has 1 aliphatic rings. The van der Waals surface area contributed by atoms with E-state index in [0.717, 1.165) is 0 Å². The second-order valence-corrected chi connectivity index (χ2v) is 7.76. The molecule has 2 aromatic rings. The van der Waals surface area contributed by atoms with E-state index >= 15 is 0 Å². The molecule has 28 heavy (non-hydrogen) atoms. The average molecular weight is 404 g/mol. The van der Waals surface area contributed by atoms with Gasteiger partial charge >= 0.3 is 11.8 Å². The van der Waals surface area contributed by atoms with Crippen LogP contribution in [0.25, 0.3) is 0 Å². The van der Waals surface area contributed by atoms with Gasteiger partial charge in [0, 0.05) is 45.1 Å². The molecule has 2 heterocycles. The monoisotopic (exact) mass is 404 g/mol. The molecule has 3 rings (SSSR count). The van der Waals surface area contributed by atoms with Crippen molar-refractivity contribution in [1.29, 1.82) is 0 Å². The minimum absolute atomic E-state index is 0.0149. The first-order valence-corrected chi connectivity index (χ1v) is 10.1. The summed E-state index contributed by atoms with van der Waals surface area (Å²) in [6.07, 6.45) is 3.31. The molecule has 10 nitrogen and oxygen atoms in total. The fraction of sp³-hybridized carbons (Fsp3) is 0.294. The Balaban J connectivity index is 1.49.